The van der Waals surface area contributed by atoms with Crippen molar-refractivity contribution in [2.24, 2.45) is 5.10 Å². The van der Waals surface area contributed by atoms with Crippen LogP contribution >= 0.6 is 0 Å². The van der Waals surface area contributed by atoms with Crippen LogP contribution in [-0.4, -0.2) is 25.5 Å². The van der Waals surface area contributed by atoms with Crippen LogP contribution < -0.4 is 5.43 Å². The number of benzene rings is 2. The number of hydrogen-bond acceptors (Lipinski definition) is 5. The smallest absolute Gasteiger partial charge is 0.185 e. The van der Waals surface area contributed by atoms with E-state index in [4.69, 9.17) is 0 Å². The molecule has 0 amide bonds. The van der Waals surface area contributed by atoms with Crippen LogP contribution in [0.4, 0.5) is 5.82 Å². The molecule has 24 heavy (non-hydrogen) atoms. The summed E-state index contributed by atoms with van der Waals surface area (Å²) in [5.74, 6) is 0.671. The third-order valence-corrected chi connectivity index (χ3v) is 3.96. The standard InChI is InChI=1S/C18H16N6/c1-12-7-9-14(10-8-12)13(2)20-21-17-15-5-3-4-6-16(15)18-22-19-11-24(18)23-17/h3-11H,1-2H3,(H,21,23)/b20-13-. The molecule has 0 bridgehead atoms. The van der Waals surface area contributed by atoms with Gasteiger partial charge in [0.1, 0.15) is 6.33 Å². The average molecular weight is 316 g/mol. The van der Waals surface area contributed by atoms with Crippen molar-refractivity contribution in [1.82, 2.24) is 19.8 Å². The fourth-order valence-electron chi connectivity index (χ4n) is 2.61. The molecule has 0 unspecified atom stereocenters. The number of rotatable bonds is 3. The summed E-state index contributed by atoms with van der Waals surface area (Å²) in [6, 6.07) is 16.2. The lowest BCUT2D eigenvalue weighted by Crippen LogP contribution is -2.04. The number of anilines is 1. The van der Waals surface area contributed by atoms with Crippen LogP contribution in [0, 0.1) is 6.92 Å². The first-order valence-corrected chi connectivity index (χ1v) is 7.68. The van der Waals surface area contributed by atoms with E-state index in [1.807, 2.05) is 31.2 Å². The monoisotopic (exact) mass is 316 g/mol. The van der Waals surface area contributed by atoms with Crippen molar-refractivity contribution >= 4 is 27.9 Å². The molecule has 0 saturated carbocycles. The highest BCUT2D eigenvalue weighted by Gasteiger charge is 2.09. The van der Waals surface area contributed by atoms with E-state index in [1.165, 1.54) is 5.56 Å². The first-order chi connectivity index (χ1) is 11.7. The van der Waals surface area contributed by atoms with Crippen molar-refractivity contribution in [2.75, 3.05) is 5.43 Å². The van der Waals surface area contributed by atoms with Gasteiger partial charge in [-0.05, 0) is 19.4 Å². The Kier molecular flexibility index (Phi) is 3.42. The van der Waals surface area contributed by atoms with Crippen molar-refractivity contribution in [3.63, 3.8) is 0 Å². The van der Waals surface area contributed by atoms with Gasteiger partial charge in [-0.1, -0.05) is 54.1 Å². The molecule has 1 N–H and O–H groups in total. The molecule has 2 aromatic heterocycles. The van der Waals surface area contributed by atoms with Crippen molar-refractivity contribution in [3.05, 3.63) is 66.0 Å². The molecule has 4 rings (SSSR count). The lowest BCUT2D eigenvalue weighted by molar-refractivity contribution is 0.934. The Balaban J connectivity index is 1.75. The van der Waals surface area contributed by atoms with Crippen LogP contribution in [0.3, 0.4) is 0 Å². The molecule has 2 aromatic carbocycles. The van der Waals surface area contributed by atoms with Gasteiger partial charge in [-0.2, -0.15) is 9.62 Å². The first kappa shape index (κ1) is 14.3. The Morgan fingerprint density at radius 3 is 2.58 bits per heavy atom. The molecule has 0 fully saturated rings. The van der Waals surface area contributed by atoms with E-state index in [9.17, 15) is 0 Å². The summed E-state index contributed by atoms with van der Waals surface area (Å²) in [5.41, 5.74) is 7.01. The lowest BCUT2D eigenvalue weighted by Gasteiger charge is -2.07. The van der Waals surface area contributed by atoms with Gasteiger partial charge < -0.3 is 0 Å². The highest BCUT2D eigenvalue weighted by atomic mass is 15.4. The predicted octanol–water partition coefficient (Wildman–Crippen LogP) is 3.42. The molecule has 0 radical (unpaired) electrons. The summed E-state index contributed by atoms with van der Waals surface area (Å²) in [7, 11) is 0. The second-order valence-corrected chi connectivity index (χ2v) is 5.67. The van der Waals surface area contributed by atoms with Gasteiger partial charge >= 0.3 is 0 Å². The van der Waals surface area contributed by atoms with Gasteiger partial charge in [-0.3, -0.25) is 5.43 Å². The Bertz CT molecular complexity index is 1050. The largest absolute Gasteiger partial charge is 0.259 e. The summed E-state index contributed by atoms with van der Waals surface area (Å²) < 4.78 is 1.65. The zero-order valence-corrected chi connectivity index (χ0v) is 13.4. The van der Waals surface area contributed by atoms with Crippen LogP contribution in [0.5, 0.6) is 0 Å². The van der Waals surface area contributed by atoms with E-state index in [-0.39, 0.29) is 0 Å². The van der Waals surface area contributed by atoms with Gasteiger partial charge in [0.15, 0.2) is 11.5 Å². The molecule has 0 saturated heterocycles. The number of hydrazone groups is 1. The Hall–Kier alpha value is -3.28. The summed E-state index contributed by atoms with van der Waals surface area (Å²) in [6.45, 7) is 4.04. The number of nitrogens with zero attached hydrogens (tertiary/aromatic N) is 5. The predicted molar refractivity (Wildman–Crippen MR) is 95.3 cm³/mol. The number of hydrogen-bond donors (Lipinski definition) is 1. The molecule has 0 aliphatic rings. The van der Waals surface area contributed by atoms with E-state index in [1.54, 1.807) is 10.8 Å². The van der Waals surface area contributed by atoms with Gasteiger partial charge in [0, 0.05) is 10.8 Å². The van der Waals surface area contributed by atoms with Crippen molar-refractivity contribution in [3.8, 4) is 0 Å². The molecule has 118 valence electrons. The molecule has 0 spiro atoms. The van der Waals surface area contributed by atoms with Crippen LogP contribution in [0.25, 0.3) is 16.4 Å². The molecule has 6 heteroatoms. The maximum atomic E-state index is 4.52. The fraction of sp³-hybridized carbons (Fsp3) is 0.111. The average Bonchev–Trinajstić information content (AvgIpc) is 3.08. The molecule has 6 nitrogen and oxygen atoms in total. The maximum Gasteiger partial charge on any atom is 0.185 e. The van der Waals surface area contributed by atoms with Crippen molar-refractivity contribution in [2.45, 2.75) is 13.8 Å². The second kappa shape index (κ2) is 5.73. The number of fused-ring (bicyclic) bond motifs is 3. The molecule has 2 heterocycles. The minimum atomic E-state index is 0.671. The Morgan fingerprint density at radius 1 is 1.04 bits per heavy atom. The van der Waals surface area contributed by atoms with Crippen LogP contribution in [0.1, 0.15) is 18.1 Å². The van der Waals surface area contributed by atoms with Gasteiger partial charge in [0.25, 0.3) is 0 Å². The van der Waals surface area contributed by atoms with E-state index in [0.717, 1.165) is 27.7 Å². The van der Waals surface area contributed by atoms with E-state index in [0.29, 0.717) is 5.82 Å². The van der Waals surface area contributed by atoms with Crippen LogP contribution in [-0.2, 0) is 0 Å². The third kappa shape index (κ3) is 2.48. The Morgan fingerprint density at radius 2 is 1.79 bits per heavy atom. The number of aromatic nitrogens is 4. The summed E-state index contributed by atoms with van der Waals surface area (Å²) >= 11 is 0. The van der Waals surface area contributed by atoms with Gasteiger partial charge in [-0.25, -0.2) is 0 Å². The van der Waals surface area contributed by atoms with E-state index in [2.05, 4.69) is 57.0 Å². The van der Waals surface area contributed by atoms with Gasteiger partial charge in [0.05, 0.1) is 5.71 Å². The molecule has 0 aliphatic carbocycles. The van der Waals surface area contributed by atoms with Crippen LogP contribution in [0.2, 0.25) is 0 Å². The van der Waals surface area contributed by atoms with Crippen molar-refractivity contribution < 1.29 is 0 Å². The maximum absolute atomic E-state index is 4.52. The molecule has 4 aromatic rings. The fourth-order valence-corrected chi connectivity index (χ4v) is 2.61. The Labute approximate surface area is 138 Å². The number of aryl methyl sites for hydroxylation is 1. The molecule has 0 atom stereocenters. The van der Waals surface area contributed by atoms with E-state index < -0.39 is 0 Å². The van der Waals surface area contributed by atoms with Crippen LogP contribution in [0.15, 0.2) is 60.0 Å². The first-order valence-electron chi connectivity index (χ1n) is 7.68. The normalized spacial score (nSPS) is 12.0. The summed E-state index contributed by atoms with van der Waals surface area (Å²) in [5, 5.41) is 19.0. The SMILES string of the molecule is C/C(=N/Nc1nn2cnnc2c2ccccc12)c1ccc(C)cc1. The molecule has 0 aliphatic heterocycles. The highest BCUT2D eigenvalue weighted by Crippen LogP contribution is 2.23. The van der Waals surface area contributed by atoms with Crippen molar-refractivity contribution in [1.29, 1.82) is 0 Å². The van der Waals surface area contributed by atoms with Gasteiger partial charge in [-0.15, -0.1) is 15.3 Å². The van der Waals surface area contributed by atoms with E-state index >= 15 is 0 Å². The highest BCUT2D eigenvalue weighted by molar-refractivity contribution is 6.01. The summed E-state index contributed by atoms with van der Waals surface area (Å²) in [4.78, 5) is 0. The topological polar surface area (TPSA) is 67.5 Å². The van der Waals surface area contributed by atoms with Gasteiger partial charge in [0.2, 0.25) is 0 Å². The zero-order chi connectivity index (χ0) is 16.5. The molecular formula is C18H16N6. The number of nitrogens with one attached hydrogen (secondary N) is 1. The minimum absolute atomic E-state index is 0.671. The lowest BCUT2D eigenvalue weighted by atomic mass is 10.1. The zero-order valence-electron chi connectivity index (χ0n) is 13.4. The third-order valence-electron chi connectivity index (χ3n) is 3.96. The second-order valence-electron chi connectivity index (χ2n) is 5.67. The quantitative estimate of drug-likeness (QED) is 0.464. The molecular weight excluding hydrogens is 300 g/mol. The minimum Gasteiger partial charge on any atom is -0.259 e. The summed E-state index contributed by atoms with van der Waals surface area (Å²) in [6.07, 6.45) is 1.59.